The van der Waals surface area contributed by atoms with E-state index in [4.69, 9.17) is 0 Å². The molecule has 0 radical (unpaired) electrons. The summed E-state index contributed by atoms with van der Waals surface area (Å²) < 4.78 is 70.5. The summed E-state index contributed by atoms with van der Waals surface area (Å²) in [6, 6.07) is 0.764. The van der Waals surface area contributed by atoms with Gasteiger partial charge in [0.15, 0.2) is 0 Å². The van der Waals surface area contributed by atoms with Gasteiger partial charge in [0.05, 0.1) is 35.7 Å². The number of hydrogen-bond acceptors (Lipinski definition) is 6. The predicted octanol–water partition coefficient (Wildman–Crippen LogP) is 4.06. The van der Waals surface area contributed by atoms with Crippen LogP contribution >= 0.6 is 0 Å². The van der Waals surface area contributed by atoms with Crippen LogP contribution in [-0.2, 0) is 11.2 Å². The van der Waals surface area contributed by atoms with Crippen LogP contribution in [0.3, 0.4) is 0 Å². The van der Waals surface area contributed by atoms with E-state index in [2.05, 4.69) is 30.8 Å². The van der Waals surface area contributed by atoms with Crippen molar-refractivity contribution in [3.63, 3.8) is 0 Å². The second-order valence-corrected chi connectivity index (χ2v) is 11.2. The van der Waals surface area contributed by atoms with Crippen LogP contribution in [0.25, 0.3) is 5.78 Å². The van der Waals surface area contributed by atoms with Crippen LogP contribution in [-0.4, -0.2) is 59.8 Å². The molecule has 0 aromatic carbocycles. The standard InChI is InChI=1S/C26H31F5N8O2/c1-14(2)39-20(5-8-34-39)23(41)36-21(15-3-6-25(27,28)7-4-15)19-13-38-24(35-19)33-12-18(37-38)10-16-9-17(26(29,30)31)11-32-22(16)40/h5,8,12-17,21H,3-4,6-7,9-11H2,1-2H3,(H,32,40)(H,36,41). The smallest absolute Gasteiger partial charge is 0.355 e. The summed E-state index contributed by atoms with van der Waals surface area (Å²) in [6.07, 6.45) is -0.727. The number of hydrogen-bond donors (Lipinski definition) is 2. The number of carbonyl (C=O) groups is 2. The number of amides is 2. The van der Waals surface area contributed by atoms with Crippen molar-refractivity contribution in [2.75, 3.05) is 6.54 Å². The van der Waals surface area contributed by atoms with E-state index < -0.39 is 48.3 Å². The molecule has 222 valence electrons. The number of alkyl halides is 5. The molecule has 15 heteroatoms. The lowest BCUT2D eigenvalue weighted by Crippen LogP contribution is -2.47. The number of imidazole rings is 1. The summed E-state index contributed by atoms with van der Waals surface area (Å²) in [5.74, 6) is -6.40. The Kier molecular flexibility index (Phi) is 7.72. The molecule has 3 atom stereocenters. The molecule has 1 saturated heterocycles. The predicted molar refractivity (Wildman–Crippen MR) is 135 cm³/mol. The molecule has 2 aliphatic rings. The summed E-state index contributed by atoms with van der Waals surface area (Å²) in [4.78, 5) is 34.3. The minimum Gasteiger partial charge on any atom is -0.355 e. The van der Waals surface area contributed by atoms with Crippen molar-refractivity contribution < 1.29 is 31.5 Å². The number of aromatic nitrogens is 6. The monoisotopic (exact) mass is 582 g/mol. The van der Waals surface area contributed by atoms with Gasteiger partial charge in [-0.25, -0.2) is 23.3 Å². The van der Waals surface area contributed by atoms with E-state index in [1.165, 1.54) is 23.1 Å². The molecule has 1 aliphatic heterocycles. The fraction of sp³-hybridized carbons (Fsp3) is 0.615. The average molecular weight is 583 g/mol. The molecule has 10 nitrogen and oxygen atoms in total. The van der Waals surface area contributed by atoms with Crippen LogP contribution in [0.15, 0.2) is 24.7 Å². The number of fused-ring (bicyclic) bond motifs is 1. The van der Waals surface area contributed by atoms with Crippen LogP contribution in [0.4, 0.5) is 22.0 Å². The Morgan fingerprint density at radius 1 is 1.24 bits per heavy atom. The fourth-order valence-electron chi connectivity index (χ4n) is 5.61. The number of nitrogens with zero attached hydrogens (tertiary/aromatic N) is 6. The molecule has 4 heterocycles. The molecular formula is C26H31F5N8O2. The van der Waals surface area contributed by atoms with E-state index >= 15 is 0 Å². The quantitative estimate of drug-likeness (QED) is 0.406. The Balaban J connectivity index is 1.40. The maximum atomic E-state index is 14.0. The van der Waals surface area contributed by atoms with E-state index in [9.17, 15) is 31.5 Å². The second-order valence-electron chi connectivity index (χ2n) is 11.2. The number of carbonyl (C=O) groups excluding carboxylic acids is 2. The molecule has 3 aromatic rings. The highest BCUT2D eigenvalue weighted by Gasteiger charge is 2.45. The maximum Gasteiger partial charge on any atom is 0.393 e. The lowest BCUT2D eigenvalue weighted by atomic mass is 9.81. The van der Waals surface area contributed by atoms with E-state index in [1.54, 1.807) is 10.7 Å². The number of piperidine rings is 1. The van der Waals surface area contributed by atoms with Crippen molar-refractivity contribution in [2.45, 2.75) is 76.6 Å². The molecule has 2 N–H and O–H groups in total. The average Bonchev–Trinajstić information content (AvgIpc) is 3.55. The molecule has 0 spiro atoms. The Morgan fingerprint density at radius 3 is 2.66 bits per heavy atom. The van der Waals surface area contributed by atoms with Crippen LogP contribution in [0.5, 0.6) is 0 Å². The van der Waals surface area contributed by atoms with Crippen molar-refractivity contribution >= 4 is 17.6 Å². The van der Waals surface area contributed by atoms with Crippen molar-refractivity contribution in [3.05, 3.63) is 41.7 Å². The van der Waals surface area contributed by atoms with Gasteiger partial charge in [-0.3, -0.25) is 14.3 Å². The van der Waals surface area contributed by atoms with Gasteiger partial charge in [0.2, 0.25) is 11.8 Å². The molecule has 41 heavy (non-hydrogen) atoms. The molecule has 2 fully saturated rings. The van der Waals surface area contributed by atoms with Gasteiger partial charge in [-0.1, -0.05) is 0 Å². The van der Waals surface area contributed by atoms with E-state index in [0.717, 1.165) is 0 Å². The Hall–Kier alpha value is -3.65. The highest BCUT2D eigenvalue weighted by molar-refractivity contribution is 5.92. The molecule has 0 bridgehead atoms. The first-order chi connectivity index (χ1) is 19.3. The summed E-state index contributed by atoms with van der Waals surface area (Å²) in [5, 5.41) is 13.9. The SMILES string of the molecule is CC(C)n1nccc1C(=O)NC(c1cn2nc(CC3CC(C(F)(F)F)CNC3=O)cnc2n1)C1CCC(F)(F)CC1. The van der Waals surface area contributed by atoms with Gasteiger partial charge in [0, 0.05) is 44.0 Å². The van der Waals surface area contributed by atoms with Gasteiger partial charge in [0.1, 0.15) is 5.69 Å². The summed E-state index contributed by atoms with van der Waals surface area (Å²) in [5.41, 5.74) is 0.980. The highest BCUT2D eigenvalue weighted by Crippen LogP contribution is 2.41. The summed E-state index contributed by atoms with van der Waals surface area (Å²) >= 11 is 0. The lowest BCUT2D eigenvalue weighted by molar-refractivity contribution is -0.183. The van der Waals surface area contributed by atoms with Crippen LogP contribution < -0.4 is 10.6 Å². The maximum absolute atomic E-state index is 14.0. The molecule has 2 amide bonds. The van der Waals surface area contributed by atoms with Gasteiger partial charge in [-0.05, 0) is 45.1 Å². The van der Waals surface area contributed by atoms with Crippen molar-refractivity contribution in [1.29, 1.82) is 0 Å². The van der Waals surface area contributed by atoms with Crippen molar-refractivity contribution in [2.24, 2.45) is 17.8 Å². The van der Waals surface area contributed by atoms with E-state index in [0.29, 0.717) is 17.1 Å². The number of nitrogens with one attached hydrogen (secondary N) is 2. The van der Waals surface area contributed by atoms with E-state index in [1.807, 2.05) is 13.8 Å². The number of rotatable bonds is 7. The second kappa shape index (κ2) is 11.0. The lowest BCUT2D eigenvalue weighted by Gasteiger charge is -2.33. The Labute approximate surface area is 232 Å². The number of halogens is 5. The van der Waals surface area contributed by atoms with Crippen LogP contribution in [0, 0.1) is 17.8 Å². The zero-order valence-electron chi connectivity index (χ0n) is 22.5. The third kappa shape index (κ3) is 6.32. The zero-order chi connectivity index (χ0) is 29.5. The largest absolute Gasteiger partial charge is 0.393 e. The van der Waals surface area contributed by atoms with Gasteiger partial charge >= 0.3 is 6.18 Å². The van der Waals surface area contributed by atoms with Crippen LogP contribution in [0.2, 0.25) is 0 Å². The third-order valence-corrected chi connectivity index (χ3v) is 7.87. The zero-order valence-corrected chi connectivity index (χ0v) is 22.5. The Morgan fingerprint density at radius 2 is 1.98 bits per heavy atom. The summed E-state index contributed by atoms with van der Waals surface area (Å²) in [6.45, 7) is 3.30. The first kappa shape index (κ1) is 28.9. The van der Waals surface area contributed by atoms with Crippen molar-refractivity contribution in [1.82, 2.24) is 40.0 Å². The topological polar surface area (TPSA) is 119 Å². The molecule has 3 unspecified atom stereocenters. The van der Waals surface area contributed by atoms with Gasteiger partial charge in [-0.2, -0.15) is 23.4 Å². The molecule has 1 saturated carbocycles. The normalized spacial score (nSPS) is 22.6. The van der Waals surface area contributed by atoms with Gasteiger partial charge < -0.3 is 10.6 Å². The van der Waals surface area contributed by atoms with E-state index in [-0.39, 0.29) is 56.3 Å². The molecule has 3 aromatic heterocycles. The van der Waals surface area contributed by atoms with Crippen LogP contribution in [0.1, 0.15) is 79.9 Å². The van der Waals surface area contributed by atoms with Gasteiger partial charge in [-0.15, -0.1) is 0 Å². The third-order valence-electron chi connectivity index (χ3n) is 7.87. The fourth-order valence-corrected chi connectivity index (χ4v) is 5.61. The highest BCUT2D eigenvalue weighted by atomic mass is 19.4. The first-order valence-electron chi connectivity index (χ1n) is 13.6. The van der Waals surface area contributed by atoms with Gasteiger partial charge in [0.25, 0.3) is 11.7 Å². The first-order valence-corrected chi connectivity index (χ1v) is 13.6. The summed E-state index contributed by atoms with van der Waals surface area (Å²) in [7, 11) is 0. The molecule has 5 rings (SSSR count). The Bertz CT molecular complexity index is 1410. The minimum atomic E-state index is -4.42. The minimum absolute atomic E-state index is 0.0497. The molecular weight excluding hydrogens is 551 g/mol. The van der Waals surface area contributed by atoms with Crippen molar-refractivity contribution in [3.8, 4) is 0 Å². The molecule has 1 aliphatic carbocycles.